The van der Waals surface area contributed by atoms with Gasteiger partial charge in [0, 0.05) is 12.7 Å². The first-order valence-electron chi connectivity index (χ1n) is 3.78. The number of nitrogens with zero attached hydrogens (tertiary/aromatic N) is 3. The van der Waals surface area contributed by atoms with E-state index in [0.717, 1.165) is 17.7 Å². The zero-order valence-corrected chi connectivity index (χ0v) is 7.41. The largest absolute Gasteiger partial charge is 0.331 e. The minimum absolute atomic E-state index is 0.441. The molecule has 2 rings (SSSR count). The molecule has 0 saturated carbocycles. The first-order valence-corrected chi connectivity index (χ1v) is 4.16. The van der Waals surface area contributed by atoms with Crippen LogP contribution in [-0.2, 0) is 6.54 Å². The Kier molecular flexibility index (Phi) is 1.73. The Morgan fingerprint density at radius 1 is 1.58 bits per heavy atom. The summed E-state index contributed by atoms with van der Waals surface area (Å²) >= 11 is 5.72. The van der Waals surface area contributed by atoms with Gasteiger partial charge in [-0.25, -0.2) is 9.97 Å². The predicted molar refractivity (Wildman–Crippen MR) is 48.2 cm³/mol. The van der Waals surface area contributed by atoms with E-state index in [2.05, 4.69) is 16.9 Å². The van der Waals surface area contributed by atoms with Gasteiger partial charge in [0.15, 0.2) is 5.65 Å². The summed E-state index contributed by atoms with van der Waals surface area (Å²) in [4.78, 5) is 8.31. The summed E-state index contributed by atoms with van der Waals surface area (Å²) < 4.78 is 2.01. The van der Waals surface area contributed by atoms with Crippen molar-refractivity contribution < 1.29 is 0 Å². The van der Waals surface area contributed by atoms with Crippen LogP contribution in [0.15, 0.2) is 18.5 Å². The van der Waals surface area contributed by atoms with Crippen molar-refractivity contribution in [3.05, 3.63) is 23.6 Å². The Bertz CT molecular complexity index is 408. The molecule has 0 saturated heterocycles. The van der Waals surface area contributed by atoms with E-state index in [1.165, 1.54) is 0 Å². The summed E-state index contributed by atoms with van der Waals surface area (Å²) in [7, 11) is 0. The second kappa shape index (κ2) is 2.75. The quantitative estimate of drug-likeness (QED) is 0.675. The van der Waals surface area contributed by atoms with Crippen LogP contribution in [0.2, 0.25) is 5.15 Å². The van der Waals surface area contributed by atoms with Gasteiger partial charge in [0.25, 0.3) is 0 Å². The van der Waals surface area contributed by atoms with E-state index in [4.69, 9.17) is 11.6 Å². The Morgan fingerprint density at radius 2 is 2.42 bits per heavy atom. The Morgan fingerprint density at radius 3 is 3.17 bits per heavy atom. The van der Waals surface area contributed by atoms with E-state index in [-0.39, 0.29) is 0 Å². The summed E-state index contributed by atoms with van der Waals surface area (Å²) in [6, 6.07) is 1.93. The molecule has 0 aromatic carbocycles. The van der Waals surface area contributed by atoms with Crippen LogP contribution in [0.1, 0.15) is 6.92 Å². The highest BCUT2D eigenvalue weighted by molar-refractivity contribution is 6.29. The predicted octanol–water partition coefficient (Wildman–Crippen LogP) is 2.10. The molecule has 0 aliphatic rings. The van der Waals surface area contributed by atoms with Crippen molar-refractivity contribution in [2.45, 2.75) is 13.5 Å². The lowest BCUT2D eigenvalue weighted by molar-refractivity contribution is 0.787. The van der Waals surface area contributed by atoms with Crippen molar-refractivity contribution in [3.63, 3.8) is 0 Å². The lowest BCUT2D eigenvalue weighted by Crippen LogP contribution is -1.93. The highest BCUT2D eigenvalue weighted by atomic mass is 35.5. The van der Waals surface area contributed by atoms with Gasteiger partial charge >= 0.3 is 0 Å². The first-order chi connectivity index (χ1) is 5.81. The van der Waals surface area contributed by atoms with Gasteiger partial charge in [-0.05, 0) is 13.0 Å². The van der Waals surface area contributed by atoms with Crippen LogP contribution in [0.25, 0.3) is 11.2 Å². The Hall–Kier alpha value is -1.09. The van der Waals surface area contributed by atoms with Gasteiger partial charge < -0.3 is 4.57 Å². The molecule has 0 spiro atoms. The van der Waals surface area contributed by atoms with Crippen LogP contribution < -0.4 is 0 Å². The maximum Gasteiger partial charge on any atom is 0.160 e. The topological polar surface area (TPSA) is 30.7 Å². The van der Waals surface area contributed by atoms with E-state index in [9.17, 15) is 0 Å². The van der Waals surface area contributed by atoms with Crippen molar-refractivity contribution >= 4 is 22.8 Å². The molecule has 0 N–H and O–H groups in total. The third kappa shape index (κ3) is 1.06. The minimum Gasteiger partial charge on any atom is -0.331 e. The third-order valence-corrected chi connectivity index (χ3v) is 1.96. The third-order valence-electron chi connectivity index (χ3n) is 1.78. The van der Waals surface area contributed by atoms with Crippen LogP contribution in [0.5, 0.6) is 0 Å². The van der Waals surface area contributed by atoms with Gasteiger partial charge in [-0.3, -0.25) is 0 Å². The fourth-order valence-corrected chi connectivity index (χ4v) is 1.31. The molecule has 12 heavy (non-hydrogen) atoms. The molecule has 62 valence electrons. The lowest BCUT2D eigenvalue weighted by Gasteiger charge is -1.97. The second-order valence-corrected chi connectivity index (χ2v) is 2.89. The SMILES string of the molecule is CCn1ccc2ncc(Cl)nc21. The molecule has 0 aliphatic carbocycles. The van der Waals surface area contributed by atoms with Gasteiger partial charge in [0.05, 0.1) is 6.20 Å². The van der Waals surface area contributed by atoms with Crippen LogP contribution in [-0.4, -0.2) is 14.5 Å². The Labute approximate surface area is 75.0 Å². The normalized spacial score (nSPS) is 10.8. The van der Waals surface area contributed by atoms with Gasteiger partial charge in [-0.2, -0.15) is 0 Å². The number of hydrogen-bond donors (Lipinski definition) is 0. The highest BCUT2D eigenvalue weighted by Gasteiger charge is 2.01. The highest BCUT2D eigenvalue weighted by Crippen LogP contribution is 2.13. The summed E-state index contributed by atoms with van der Waals surface area (Å²) in [5.41, 5.74) is 1.74. The van der Waals surface area contributed by atoms with Crippen LogP contribution in [0.3, 0.4) is 0 Å². The van der Waals surface area contributed by atoms with Crippen molar-refractivity contribution in [1.29, 1.82) is 0 Å². The summed E-state index contributed by atoms with van der Waals surface area (Å²) in [6.07, 6.45) is 3.52. The average Bonchev–Trinajstić information content (AvgIpc) is 2.46. The molecule has 2 aromatic rings. The van der Waals surface area contributed by atoms with Crippen LogP contribution in [0.4, 0.5) is 0 Å². The van der Waals surface area contributed by atoms with Crippen molar-refractivity contribution in [1.82, 2.24) is 14.5 Å². The summed E-state index contributed by atoms with van der Waals surface area (Å²) in [5, 5.41) is 0.441. The molecule has 0 bridgehead atoms. The number of fused-ring (bicyclic) bond motifs is 1. The van der Waals surface area contributed by atoms with E-state index < -0.39 is 0 Å². The number of aryl methyl sites for hydroxylation is 1. The van der Waals surface area contributed by atoms with Gasteiger partial charge in [-0.15, -0.1) is 0 Å². The van der Waals surface area contributed by atoms with Crippen LogP contribution >= 0.6 is 11.6 Å². The Balaban J connectivity index is 2.75. The smallest absolute Gasteiger partial charge is 0.160 e. The number of aromatic nitrogens is 3. The molecule has 0 amide bonds. The summed E-state index contributed by atoms with van der Waals surface area (Å²) in [5.74, 6) is 0. The molecule has 3 nitrogen and oxygen atoms in total. The maximum atomic E-state index is 5.72. The summed E-state index contributed by atoms with van der Waals surface area (Å²) in [6.45, 7) is 2.94. The molecule has 4 heteroatoms. The number of halogens is 1. The van der Waals surface area contributed by atoms with E-state index in [1.807, 2.05) is 16.8 Å². The first kappa shape index (κ1) is 7.55. The van der Waals surface area contributed by atoms with Crippen molar-refractivity contribution in [2.24, 2.45) is 0 Å². The fraction of sp³-hybridized carbons (Fsp3) is 0.250. The van der Waals surface area contributed by atoms with Crippen molar-refractivity contribution in [2.75, 3.05) is 0 Å². The molecule has 2 aromatic heterocycles. The van der Waals surface area contributed by atoms with E-state index >= 15 is 0 Å². The number of rotatable bonds is 1. The molecule has 2 heterocycles. The standard InChI is InChI=1S/C8H8ClN3/c1-2-12-4-3-6-8(12)11-7(9)5-10-6/h3-5H,2H2,1H3. The second-order valence-electron chi connectivity index (χ2n) is 2.50. The van der Waals surface area contributed by atoms with Gasteiger partial charge in [-0.1, -0.05) is 11.6 Å². The van der Waals surface area contributed by atoms with Gasteiger partial charge in [0.2, 0.25) is 0 Å². The van der Waals surface area contributed by atoms with E-state index in [0.29, 0.717) is 5.15 Å². The molecule has 0 fully saturated rings. The monoisotopic (exact) mass is 181 g/mol. The zero-order chi connectivity index (χ0) is 8.55. The minimum atomic E-state index is 0.441. The molecular weight excluding hydrogens is 174 g/mol. The number of hydrogen-bond acceptors (Lipinski definition) is 2. The molecule has 0 atom stereocenters. The van der Waals surface area contributed by atoms with Gasteiger partial charge in [0.1, 0.15) is 10.7 Å². The molecule has 0 aliphatic heterocycles. The fourth-order valence-electron chi connectivity index (χ4n) is 1.18. The zero-order valence-electron chi connectivity index (χ0n) is 6.66. The van der Waals surface area contributed by atoms with Crippen molar-refractivity contribution in [3.8, 4) is 0 Å². The molecule has 0 unspecified atom stereocenters. The van der Waals surface area contributed by atoms with E-state index in [1.54, 1.807) is 6.20 Å². The molecule has 0 radical (unpaired) electrons. The maximum absolute atomic E-state index is 5.72. The molecular formula is C8H8ClN3. The average molecular weight is 182 g/mol. The van der Waals surface area contributed by atoms with Crippen LogP contribution in [0, 0.1) is 0 Å². The lowest BCUT2D eigenvalue weighted by atomic mass is 10.5.